The number of halogens is 1. The Morgan fingerprint density at radius 3 is 2.53 bits per heavy atom. The fourth-order valence-electron chi connectivity index (χ4n) is 1.36. The van der Waals surface area contributed by atoms with Crippen LogP contribution in [0.25, 0.3) is 0 Å². The van der Waals surface area contributed by atoms with Crippen LogP contribution < -0.4 is 17.0 Å². The van der Waals surface area contributed by atoms with E-state index >= 15 is 0 Å². The number of benzene rings is 1. The highest BCUT2D eigenvalue weighted by atomic mass is 79.9. The summed E-state index contributed by atoms with van der Waals surface area (Å²) in [5.74, 6) is 0. The average Bonchev–Trinajstić information content (AvgIpc) is 2.30. The lowest BCUT2D eigenvalue weighted by atomic mass is 10.3. The smallest absolute Gasteiger partial charge is 0.210 e. The van der Waals surface area contributed by atoms with Crippen LogP contribution in [0.4, 0.5) is 5.69 Å². The Labute approximate surface area is 100 Å². The van der Waals surface area contributed by atoms with Gasteiger partial charge in [-0.2, -0.15) is 4.58 Å². The van der Waals surface area contributed by atoms with Crippen molar-refractivity contribution in [3.05, 3.63) is 42.7 Å². The number of para-hydroxylation sites is 1. The highest BCUT2D eigenvalue weighted by Gasteiger charge is 2.11. The zero-order chi connectivity index (χ0) is 9.80. The van der Waals surface area contributed by atoms with Gasteiger partial charge in [0.2, 0.25) is 5.69 Å². The second kappa shape index (κ2) is 5.68. The maximum atomic E-state index is 5.06. The van der Waals surface area contributed by atoms with Gasteiger partial charge in [-0.15, -0.1) is 0 Å². The summed E-state index contributed by atoms with van der Waals surface area (Å²) >= 11 is 0. The first-order chi connectivity index (χ1) is 6.90. The highest BCUT2D eigenvalue weighted by molar-refractivity contribution is 5.57. The predicted molar refractivity (Wildman–Crippen MR) is 55.3 cm³/mol. The normalized spacial score (nSPS) is 14.5. The molecule has 0 bridgehead atoms. The molecule has 0 saturated carbocycles. The van der Waals surface area contributed by atoms with Crippen molar-refractivity contribution in [1.29, 1.82) is 0 Å². The van der Waals surface area contributed by atoms with Crippen molar-refractivity contribution < 1.29 is 26.4 Å². The van der Waals surface area contributed by atoms with Gasteiger partial charge in [-0.1, -0.05) is 18.2 Å². The molecule has 0 saturated heterocycles. The summed E-state index contributed by atoms with van der Waals surface area (Å²) in [6, 6.07) is 10.2. The minimum atomic E-state index is 0. The second-order valence-electron chi connectivity index (χ2n) is 3.01. The van der Waals surface area contributed by atoms with Crippen molar-refractivity contribution in [3.63, 3.8) is 0 Å². The van der Waals surface area contributed by atoms with Crippen LogP contribution in [0.1, 0.15) is 0 Å². The molecule has 2 rings (SSSR count). The lowest BCUT2D eigenvalue weighted by Gasteiger charge is -2.15. The summed E-state index contributed by atoms with van der Waals surface area (Å²) in [6.07, 6.45) is 5.95. The van der Waals surface area contributed by atoms with E-state index in [2.05, 4.69) is 22.9 Å². The van der Waals surface area contributed by atoms with Gasteiger partial charge >= 0.3 is 0 Å². The van der Waals surface area contributed by atoms with Crippen molar-refractivity contribution in [3.8, 4) is 0 Å². The Morgan fingerprint density at radius 1 is 1.27 bits per heavy atom. The molecule has 1 aliphatic heterocycles. The van der Waals surface area contributed by atoms with Crippen LogP contribution in [0.2, 0.25) is 0 Å². The first-order valence-corrected chi connectivity index (χ1v) is 4.56. The third-order valence-electron chi connectivity index (χ3n) is 2.14. The maximum absolute atomic E-state index is 5.06. The number of rotatable bonds is 2. The van der Waals surface area contributed by atoms with Gasteiger partial charge in [0.1, 0.15) is 6.54 Å². The summed E-state index contributed by atoms with van der Waals surface area (Å²) in [4.78, 5) is 5.06. The number of hydrogen-bond donors (Lipinski definition) is 0. The summed E-state index contributed by atoms with van der Waals surface area (Å²) in [5, 5.41) is 1.76. The van der Waals surface area contributed by atoms with E-state index in [0.29, 0.717) is 0 Å². The van der Waals surface area contributed by atoms with E-state index < -0.39 is 0 Å². The largest absolute Gasteiger partial charge is 1.00 e. The third kappa shape index (κ3) is 2.91. The van der Waals surface area contributed by atoms with Gasteiger partial charge in [-0.25, -0.2) is 5.06 Å². The molecule has 15 heavy (non-hydrogen) atoms. The molecule has 0 radical (unpaired) electrons. The van der Waals surface area contributed by atoms with Gasteiger partial charge in [-0.3, -0.25) is 4.84 Å². The number of hydroxylamine groups is 2. The van der Waals surface area contributed by atoms with Crippen LogP contribution in [-0.4, -0.2) is 29.5 Å². The third-order valence-corrected chi connectivity index (χ3v) is 2.14. The van der Waals surface area contributed by atoms with Gasteiger partial charge in [0.05, 0.1) is 13.3 Å². The van der Waals surface area contributed by atoms with Gasteiger partial charge < -0.3 is 17.0 Å². The molecule has 0 fully saturated rings. The van der Waals surface area contributed by atoms with Crippen LogP contribution in [0.15, 0.2) is 42.7 Å². The molecule has 1 heterocycles. The molecular weight excluding hydrogens is 256 g/mol. The Morgan fingerprint density at radius 2 is 2.00 bits per heavy atom. The maximum Gasteiger partial charge on any atom is 0.210 e. The van der Waals surface area contributed by atoms with Crippen LogP contribution in [0.5, 0.6) is 0 Å². The Bertz CT molecular complexity index is 362. The van der Waals surface area contributed by atoms with Crippen molar-refractivity contribution in [2.24, 2.45) is 0 Å². The fourth-order valence-corrected chi connectivity index (χ4v) is 1.36. The van der Waals surface area contributed by atoms with Gasteiger partial charge in [-0.05, 0) is 0 Å². The minimum absolute atomic E-state index is 0. The molecule has 80 valence electrons. The Kier molecular flexibility index (Phi) is 4.52. The average molecular weight is 269 g/mol. The molecule has 0 aromatic heterocycles. The van der Waals surface area contributed by atoms with Crippen LogP contribution in [-0.2, 0) is 4.84 Å². The van der Waals surface area contributed by atoms with Gasteiger partial charge in [0, 0.05) is 12.1 Å². The quantitative estimate of drug-likeness (QED) is 0.624. The summed E-state index contributed by atoms with van der Waals surface area (Å²) < 4.78 is 2.08. The number of hydrogen-bond acceptors (Lipinski definition) is 2. The van der Waals surface area contributed by atoms with E-state index in [4.69, 9.17) is 4.84 Å². The molecule has 0 aliphatic carbocycles. The van der Waals surface area contributed by atoms with Crippen LogP contribution in [0.3, 0.4) is 0 Å². The van der Waals surface area contributed by atoms with Gasteiger partial charge in [0.25, 0.3) is 0 Å². The molecule has 1 aliphatic rings. The van der Waals surface area contributed by atoms with E-state index in [1.165, 1.54) is 5.69 Å². The molecule has 0 N–H and O–H groups in total. The fraction of sp³-hybridized carbons (Fsp3) is 0.182. The zero-order valence-corrected chi connectivity index (χ0v) is 10.1. The lowest BCUT2D eigenvalue weighted by molar-refractivity contribution is -0.364. The molecule has 0 unspecified atom stereocenters. The minimum Gasteiger partial charge on any atom is -1.00 e. The standard InChI is InChI=1S/C11H13N2O.BrH/c1-14-13-9-7-12(8-10-13)11-5-3-2-4-6-11;/h2-9H,10H2,1H3;1H/q+1;/p-1. The molecule has 1 aromatic carbocycles. The van der Waals surface area contributed by atoms with Crippen LogP contribution >= 0.6 is 0 Å². The topological polar surface area (TPSA) is 15.5 Å². The summed E-state index contributed by atoms with van der Waals surface area (Å²) in [6.45, 7) is 0.766. The van der Waals surface area contributed by atoms with Gasteiger partial charge in [0.15, 0.2) is 12.4 Å². The molecule has 0 amide bonds. The SMILES string of the molecule is CON1C=C[N+](c2ccccc2)=CC1.[Br-]. The molecule has 3 nitrogen and oxygen atoms in total. The zero-order valence-electron chi connectivity index (χ0n) is 8.51. The monoisotopic (exact) mass is 268 g/mol. The summed E-state index contributed by atoms with van der Waals surface area (Å²) in [5.41, 5.74) is 1.17. The van der Waals surface area contributed by atoms with E-state index in [1.54, 1.807) is 12.2 Å². The first-order valence-electron chi connectivity index (χ1n) is 4.56. The molecule has 1 aromatic rings. The van der Waals surface area contributed by atoms with Crippen LogP contribution in [0, 0.1) is 0 Å². The molecule has 4 heteroatoms. The van der Waals surface area contributed by atoms with E-state index in [0.717, 1.165) is 6.54 Å². The number of nitrogens with zero attached hydrogens (tertiary/aromatic N) is 2. The van der Waals surface area contributed by atoms with E-state index in [-0.39, 0.29) is 17.0 Å². The lowest BCUT2D eigenvalue weighted by Crippen LogP contribution is -3.00. The molecular formula is C11H13BrN2O. The highest BCUT2D eigenvalue weighted by Crippen LogP contribution is 2.11. The Balaban J connectivity index is 0.00000112. The summed E-state index contributed by atoms with van der Waals surface area (Å²) in [7, 11) is 1.66. The van der Waals surface area contributed by atoms with E-state index in [9.17, 15) is 0 Å². The Hall–Kier alpha value is -1.13. The van der Waals surface area contributed by atoms with Crippen molar-refractivity contribution in [2.75, 3.05) is 13.7 Å². The predicted octanol–water partition coefficient (Wildman–Crippen LogP) is -1.25. The second-order valence-corrected chi connectivity index (χ2v) is 3.01. The molecule has 0 spiro atoms. The first kappa shape index (κ1) is 11.9. The van der Waals surface area contributed by atoms with Crippen molar-refractivity contribution >= 4 is 11.9 Å². The molecule has 0 atom stereocenters. The van der Waals surface area contributed by atoms with Crippen molar-refractivity contribution in [1.82, 2.24) is 5.06 Å². The van der Waals surface area contributed by atoms with Crippen molar-refractivity contribution in [2.45, 2.75) is 0 Å². The van der Waals surface area contributed by atoms with E-state index in [1.807, 2.05) is 30.6 Å².